The van der Waals surface area contributed by atoms with Crippen molar-refractivity contribution in [2.24, 2.45) is 0 Å². The lowest BCUT2D eigenvalue weighted by Gasteiger charge is -2.03. The van der Waals surface area contributed by atoms with Crippen molar-refractivity contribution in [3.63, 3.8) is 0 Å². The Morgan fingerprint density at radius 2 is 2.19 bits per heavy atom. The molecule has 140 valence electrons. The first kappa shape index (κ1) is 17.4. The molecule has 9 heteroatoms. The van der Waals surface area contributed by atoms with Gasteiger partial charge in [0.25, 0.3) is 0 Å². The Morgan fingerprint density at radius 1 is 1.26 bits per heavy atom. The monoisotopic (exact) mass is 387 g/mol. The number of aryl methyl sites for hydroxylation is 2. The van der Waals surface area contributed by atoms with Gasteiger partial charge in [-0.1, -0.05) is 0 Å². The van der Waals surface area contributed by atoms with Crippen molar-refractivity contribution in [1.82, 2.24) is 24.1 Å². The number of aromatic amines is 1. The molecule has 0 atom stereocenters. The third-order valence-electron chi connectivity index (χ3n) is 4.16. The van der Waals surface area contributed by atoms with Crippen LogP contribution in [0.5, 0.6) is 0 Å². The quantitative estimate of drug-likeness (QED) is 0.370. The first-order chi connectivity index (χ1) is 13.2. The van der Waals surface area contributed by atoms with Gasteiger partial charge in [0.2, 0.25) is 0 Å². The van der Waals surface area contributed by atoms with Crippen LogP contribution < -0.4 is 0 Å². The highest BCUT2D eigenvalue weighted by Gasteiger charge is 2.14. The number of hydrogen-bond donors (Lipinski definition) is 1. The number of H-pyrrole nitrogens is 1. The van der Waals surface area contributed by atoms with Crippen LogP contribution in [0.3, 0.4) is 0 Å². The fourth-order valence-electron chi connectivity index (χ4n) is 2.83. The van der Waals surface area contributed by atoms with Crippen molar-refractivity contribution < 1.29 is 13.9 Å². The van der Waals surface area contributed by atoms with E-state index in [1.165, 1.54) is 0 Å². The number of nitrogens with zero attached hydrogens (tertiary/aromatic N) is 4. The van der Waals surface area contributed by atoms with Crippen LogP contribution in [0, 0.1) is 0 Å². The molecular weight excluding hydrogens is 370 g/mol. The molecule has 4 aromatic rings. The number of rotatable bonds is 8. The number of furan rings is 1. The number of imidazole rings is 2. The Hall–Kier alpha value is -3.00. The second-order valence-electron chi connectivity index (χ2n) is 6.16. The Kier molecular flexibility index (Phi) is 4.97. The van der Waals surface area contributed by atoms with Crippen LogP contribution >= 0.6 is 11.6 Å². The van der Waals surface area contributed by atoms with Crippen LogP contribution in [0.15, 0.2) is 47.8 Å². The number of carbonyl (C=O) groups is 1. The minimum absolute atomic E-state index is 0.115. The summed E-state index contributed by atoms with van der Waals surface area (Å²) in [5.41, 5.74) is 2.80. The van der Waals surface area contributed by atoms with E-state index in [9.17, 15) is 4.79 Å². The van der Waals surface area contributed by atoms with Gasteiger partial charge in [-0.3, -0.25) is 0 Å². The summed E-state index contributed by atoms with van der Waals surface area (Å²) in [6.07, 6.45) is 11.2. The summed E-state index contributed by atoms with van der Waals surface area (Å²) in [6, 6.07) is 3.99. The van der Waals surface area contributed by atoms with E-state index < -0.39 is 5.97 Å². The van der Waals surface area contributed by atoms with E-state index in [2.05, 4.69) is 15.0 Å². The second kappa shape index (κ2) is 7.71. The Labute approximate surface area is 159 Å². The highest BCUT2D eigenvalue weighted by molar-refractivity contribution is 6.15. The van der Waals surface area contributed by atoms with Crippen molar-refractivity contribution in [2.75, 3.05) is 0 Å². The molecular formula is C18H18ClN5O3. The maximum atomic E-state index is 12.1. The minimum atomic E-state index is -0.438. The van der Waals surface area contributed by atoms with Crippen LogP contribution in [0.2, 0.25) is 0 Å². The molecule has 0 aliphatic heterocycles. The number of alkyl halides is 1. The molecule has 0 aromatic carbocycles. The average Bonchev–Trinajstić information content (AvgIpc) is 3.43. The molecule has 0 saturated heterocycles. The molecule has 0 aliphatic rings. The lowest BCUT2D eigenvalue weighted by molar-refractivity contribution is 0.0366. The zero-order valence-electron chi connectivity index (χ0n) is 14.5. The molecule has 4 rings (SSSR count). The summed E-state index contributed by atoms with van der Waals surface area (Å²) < 4.78 is 14.5. The van der Waals surface area contributed by atoms with Gasteiger partial charge >= 0.3 is 5.97 Å². The summed E-state index contributed by atoms with van der Waals surface area (Å²) in [7, 11) is 0. The molecule has 4 heterocycles. The topological polar surface area (TPSA) is 90.9 Å². The summed E-state index contributed by atoms with van der Waals surface area (Å²) in [5.74, 6) is 0.429. The fourth-order valence-corrected chi connectivity index (χ4v) is 2.96. The molecule has 0 bridgehead atoms. The van der Waals surface area contributed by atoms with E-state index in [1.807, 2.05) is 16.8 Å². The molecule has 4 aromatic heterocycles. The van der Waals surface area contributed by atoms with Crippen molar-refractivity contribution in [2.45, 2.75) is 32.0 Å². The molecule has 0 amide bonds. The van der Waals surface area contributed by atoms with Gasteiger partial charge in [0.15, 0.2) is 12.3 Å². The summed E-state index contributed by atoms with van der Waals surface area (Å²) in [4.78, 5) is 23.3. The Balaban J connectivity index is 1.32. The zero-order chi connectivity index (χ0) is 18.6. The third kappa shape index (κ3) is 4.06. The molecule has 0 saturated carbocycles. The molecule has 1 N–H and O–H groups in total. The first-order valence-electron chi connectivity index (χ1n) is 8.52. The van der Waals surface area contributed by atoms with Crippen LogP contribution in [0.1, 0.15) is 28.4 Å². The van der Waals surface area contributed by atoms with E-state index in [0.29, 0.717) is 17.3 Å². The van der Waals surface area contributed by atoms with E-state index in [4.69, 9.17) is 20.8 Å². The molecule has 0 fully saturated rings. The Bertz CT molecular complexity index is 999. The average molecular weight is 388 g/mol. The number of fused-ring (bicyclic) bond motifs is 1. The number of hydrogen-bond acceptors (Lipinski definition) is 5. The van der Waals surface area contributed by atoms with E-state index in [1.54, 1.807) is 35.7 Å². The molecule has 0 spiro atoms. The van der Waals surface area contributed by atoms with Gasteiger partial charge in [-0.05, 0) is 12.8 Å². The number of ether oxygens (including phenoxy) is 1. The van der Waals surface area contributed by atoms with Gasteiger partial charge in [-0.2, -0.15) is 0 Å². The minimum Gasteiger partial charge on any atom is -0.459 e. The van der Waals surface area contributed by atoms with Gasteiger partial charge in [-0.15, -0.1) is 11.6 Å². The lowest BCUT2D eigenvalue weighted by atomic mass is 10.2. The van der Waals surface area contributed by atoms with Gasteiger partial charge in [0.1, 0.15) is 11.5 Å². The van der Waals surface area contributed by atoms with E-state index in [0.717, 1.165) is 36.2 Å². The smallest absolute Gasteiger partial charge is 0.356 e. The number of esters is 1. The highest BCUT2D eigenvalue weighted by atomic mass is 35.5. The van der Waals surface area contributed by atoms with E-state index in [-0.39, 0.29) is 6.73 Å². The largest absolute Gasteiger partial charge is 0.459 e. The second-order valence-corrected chi connectivity index (χ2v) is 6.40. The molecule has 8 nitrogen and oxygen atoms in total. The fraction of sp³-hybridized carbons (Fsp3) is 0.278. The molecule has 0 radical (unpaired) electrons. The van der Waals surface area contributed by atoms with Crippen LogP contribution in [0.4, 0.5) is 0 Å². The SMILES string of the molecule is O=C(OCn1ccnc1)c1cc2oc(CCCc3cn(CCl)cn3)cc2[nH]1. The highest BCUT2D eigenvalue weighted by Crippen LogP contribution is 2.22. The standard InChI is InChI=1S/C18H18ClN5O3/c19-9-24-8-13(21-11-24)2-1-3-14-6-15-17(27-14)7-16(22-15)18(25)26-12-23-5-4-20-10-23/h4-8,10-11,22H,1-3,9,12H2. The maximum Gasteiger partial charge on any atom is 0.356 e. The van der Waals surface area contributed by atoms with Crippen LogP contribution in [-0.4, -0.2) is 30.1 Å². The summed E-state index contributed by atoms with van der Waals surface area (Å²) in [6.45, 7) is 0.115. The van der Waals surface area contributed by atoms with Crippen molar-refractivity contribution in [3.05, 3.63) is 60.5 Å². The molecule has 27 heavy (non-hydrogen) atoms. The summed E-state index contributed by atoms with van der Waals surface area (Å²) in [5, 5.41) is 0. The lowest BCUT2D eigenvalue weighted by Crippen LogP contribution is -2.08. The van der Waals surface area contributed by atoms with Crippen molar-refractivity contribution in [1.29, 1.82) is 0 Å². The molecule has 0 aliphatic carbocycles. The van der Waals surface area contributed by atoms with Crippen molar-refractivity contribution in [3.8, 4) is 0 Å². The first-order valence-corrected chi connectivity index (χ1v) is 9.05. The Morgan fingerprint density at radius 3 is 2.93 bits per heavy atom. The number of halogens is 1. The normalized spacial score (nSPS) is 11.3. The van der Waals surface area contributed by atoms with Gasteiger partial charge < -0.3 is 23.3 Å². The van der Waals surface area contributed by atoms with Crippen LogP contribution in [-0.2, 0) is 30.3 Å². The zero-order valence-corrected chi connectivity index (χ0v) is 15.2. The molecule has 0 unspecified atom stereocenters. The van der Waals surface area contributed by atoms with Gasteiger partial charge in [0, 0.05) is 37.1 Å². The number of aromatic nitrogens is 5. The van der Waals surface area contributed by atoms with Gasteiger partial charge in [-0.25, -0.2) is 14.8 Å². The predicted molar refractivity (Wildman–Crippen MR) is 98.3 cm³/mol. The summed E-state index contributed by atoms with van der Waals surface area (Å²) >= 11 is 5.75. The third-order valence-corrected chi connectivity index (χ3v) is 4.44. The maximum absolute atomic E-state index is 12.1. The number of nitrogens with one attached hydrogen (secondary N) is 1. The number of carbonyl (C=O) groups excluding carboxylic acids is 1. The van der Waals surface area contributed by atoms with E-state index >= 15 is 0 Å². The predicted octanol–water partition coefficient (Wildman–Crippen LogP) is 3.34. The van der Waals surface area contributed by atoms with Gasteiger partial charge in [0.05, 0.1) is 29.9 Å². The van der Waals surface area contributed by atoms with Crippen molar-refractivity contribution >= 4 is 28.7 Å². The van der Waals surface area contributed by atoms with Crippen LogP contribution in [0.25, 0.3) is 11.1 Å².